The highest BCUT2D eigenvalue weighted by Gasteiger charge is 2.30. The van der Waals surface area contributed by atoms with Crippen LogP contribution in [0.4, 0.5) is 17.6 Å². The van der Waals surface area contributed by atoms with E-state index in [1.165, 1.54) is 16.7 Å². The molecule has 0 saturated carbocycles. The molecule has 7 rings (SSSR count). The Hall–Kier alpha value is -4.31. The second-order valence-electron chi connectivity index (χ2n) is 12.2. The van der Waals surface area contributed by atoms with Crippen LogP contribution in [0, 0.1) is 5.92 Å². The molecule has 228 valence electrons. The van der Waals surface area contributed by atoms with E-state index in [0.29, 0.717) is 24.4 Å². The lowest BCUT2D eigenvalue weighted by molar-refractivity contribution is -0.149. The number of nitrogens with two attached hydrogens (primary N) is 1. The number of carbonyl (C=O) groups excluding carboxylic acids is 1. The summed E-state index contributed by atoms with van der Waals surface area (Å²) in [6, 6.07) is 17.5. The van der Waals surface area contributed by atoms with Crippen LogP contribution in [0.15, 0.2) is 48.5 Å². The second kappa shape index (κ2) is 12.4. The number of fused-ring (bicyclic) bond motifs is 4. The molecule has 0 spiro atoms. The van der Waals surface area contributed by atoms with Gasteiger partial charge >= 0.3 is 5.97 Å². The van der Waals surface area contributed by atoms with Crippen molar-refractivity contribution in [1.82, 2.24) is 29.9 Å². The van der Waals surface area contributed by atoms with E-state index in [0.717, 1.165) is 93.4 Å². The molecule has 1 atom stereocenters. The van der Waals surface area contributed by atoms with Crippen LogP contribution in [0.2, 0.25) is 0 Å². The molecule has 2 aliphatic carbocycles. The summed E-state index contributed by atoms with van der Waals surface area (Å²) in [5, 5.41) is 17.1. The van der Waals surface area contributed by atoms with Gasteiger partial charge in [-0.25, -0.2) is 0 Å². The number of esters is 1. The number of nitrogens with one attached hydrogen (secondary N) is 1. The third-order valence-corrected chi connectivity index (χ3v) is 9.50. The summed E-state index contributed by atoms with van der Waals surface area (Å²) >= 11 is 0. The molecule has 4 aromatic rings. The zero-order valence-electron chi connectivity index (χ0n) is 25.3. The van der Waals surface area contributed by atoms with Gasteiger partial charge in [0.05, 0.1) is 18.2 Å². The van der Waals surface area contributed by atoms with Crippen molar-refractivity contribution in [3.63, 3.8) is 0 Å². The topological polar surface area (TPSA) is 124 Å². The number of benzene rings is 2. The zero-order chi connectivity index (χ0) is 30.0. The van der Waals surface area contributed by atoms with E-state index in [2.05, 4.69) is 73.0 Å². The monoisotopic (exact) mass is 592 g/mol. The lowest BCUT2D eigenvalue weighted by Crippen LogP contribution is -2.43. The van der Waals surface area contributed by atoms with E-state index in [9.17, 15) is 4.79 Å². The van der Waals surface area contributed by atoms with Gasteiger partial charge in [0.2, 0.25) is 11.9 Å². The average molecular weight is 593 g/mol. The van der Waals surface area contributed by atoms with E-state index in [1.54, 1.807) is 4.68 Å². The number of hydrogen-bond donors (Lipinski definition) is 2. The minimum absolute atomic E-state index is 0.0290. The van der Waals surface area contributed by atoms with Gasteiger partial charge in [0.15, 0.2) is 5.82 Å². The molecule has 0 radical (unpaired) electrons. The standard InChI is InChI=1S/C34H40N8O2/c1-2-44-32(43)24-16-18-41(19-17-24)28-14-11-22-10-13-27(20-25(22)12-15-28)36-34-37-33(35)42(40-34)30-21-26-8-5-7-23-6-3-4-9-29(23)31(26)39-38-30/h3-4,6,9-10,13,20-21,24,28H,2,5,7-8,11-12,14-19H2,1H3,(H3,35,36,37,40). The van der Waals surface area contributed by atoms with Gasteiger partial charge in [-0.1, -0.05) is 30.3 Å². The molecule has 1 fully saturated rings. The fraction of sp³-hybridized carbons (Fsp3) is 0.441. The van der Waals surface area contributed by atoms with Crippen LogP contribution in [-0.4, -0.2) is 61.6 Å². The Morgan fingerprint density at radius 1 is 0.932 bits per heavy atom. The van der Waals surface area contributed by atoms with Crippen LogP contribution >= 0.6 is 0 Å². The summed E-state index contributed by atoms with van der Waals surface area (Å²) in [7, 11) is 0. The van der Waals surface area contributed by atoms with Crippen molar-refractivity contribution in [3.8, 4) is 17.1 Å². The number of aromatic nitrogens is 5. The van der Waals surface area contributed by atoms with Crippen LogP contribution in [-0.2, 0) is 35.2 Å². The first-order valence-electron chi connectivity index (χ1n) is 16.0. The van der Waals surface area contributed by atoms with Crippen molar-refractivity contribution in [2.24, 2.45) is 5.92 Å². The molecule has 3 heterocycles. The Bertz CT molecular complexity index is 1660. The summed E-state index contributed by atoms with van der Waals surface area (Å²) in [6.45, 7) is 4.27. The van der Waals surface area contributed by atoms with Gasteiger partial charge < -0.3 is 20.7 Å². The molecule has 0 bridgehead atoms. The normalized spacial score (nSPS) is 18.8. The molecule has 2 aromatic carbocycles. The Labute approximate surface area is 258 Å². The second-order valence-corrected chi connectivity index (χ2v) is 12.2. The fourth-order valence-electron chi connectivity index (χ4n) is 7.15. The summed E-state index contributed by atoms with van der Waals surface area (Å²) in [6.07, 6.45) is 9.12. The molecule has 2 aromatic heterocycles. The summed E-state index contributed by atoms with van der Waals surface area (Å²) in [5.41, 5.74) is 14.6. The first-order chi connectivity index (χ1) is 21.6. The number of carbonyl (C=O) groups is 1. The number of anilines is 3. The van der Waals surface area contributed by atoms with Gasteiger partial charge in [0.25, 0.3) is 0 Å². The largest absolute Gasteiger partial charge is 0.466 e. The average Bonchev–Trinajstić information content (AvgIpc) is 3.18. The van der Waals surface area contributed by atoms with E-state index in [1.807, 2.05) is 13.0 Å². The number of aryl methyl sites for hydroxylation is 4. The van der Waals surface area contributed by atoms with Crippen molar-refractivity contribution >= 4 is 23.6 Å². The van der Waals surface area contributed by atoms with E-state index >= 15 is 0 Å². The summed E-state index contributed by atoms with van der Waals surface area (Å²) in [5.74, 6) is 1.29. The van der Waals surface area contributed by atoms with Crippen molar-refractivity contribution < 1.29 is 9.53 Å². The molecular formula is C34H40N8O2. The number of nitrogens with zero attached hydrogens (tertiary/aromatic N) is 6. The van der Waals surface area contributed by atoms with Crippen LogP contribution < -0.4 is 11.1 Å². The lowest BCUT2D eigenvalue weighted by atomic mass is 9.94. The molecule has 1 aliphatic heterocycles. The Balaban J connectivity index is 1.02. The predicted octanol–water partition coefficient (Wildman–Crippen LogP) is 5.06. The van der Waals surface area contributed by atoms with Gasteiger partial charge in [-0.05, 0) is 118 Å². The minimum atomic E-state index is -0.0290. The minimum Gasteiger partial charge on any atom is -0.466 e. The molecule has 3 aliphatic rings. The highest BCUT2D eigenvalue weighted by atomic mass is 16.5. The summed E-state index contributed by atoms with van der Waals surface area (Å²) in [4.78, 5) is 19.3. The third-order valence-electron chi connectivity index (χ3n) is 9.50. The van der Waals surface area contributed by atoms with Crippen LogP contribution in [0.5, 0.6) is 0 Å². The Kier molecular flexibility index (Phi) is 7.99. The van der Waals surface area contributed by atoms with Crippen molar-refractivity contribution in [2.75, 3.05) is 30.7 Å². The van der Waals surface area contributed by atoms with Crippen molar-refractivity contribution in [3.05, 3.63) is 70.8 Å². The van der Waals surface area contributed by atoms with Crippen molar-refractivity contribution in [1.29, 1.82) is 0 Å². The first-order valence-corrected chi connectivity index (χ1v) is 16.0. The number of nitrogen functional groups attached to an aromatic ring is 1. The summed E-state index contributed by atoms with van der Waals surface area (Å²) < 4.78 is 6.82. The first kappa shape index (κ1) is 28.5. The predicted molar refractivity (Wildman–Crippen MR) is 170 cm³/mol. The Morgan fingerprint density at radius 2 is 1.73 bits per heavy atom. The number of likely N-dealkylation sites (tertiary alicyclic amines) is 1. The van der Waals surface area contributed by atoms with Crippen molar-refractivity contribution in [2.45, 2.75) is 70.8 Å². The smallest absolute Gasteiger partial charge is 0.309 e. The van der Waals surface area contributed by atoms with Gasteiger partial charge in [-0.2, -0.15) is 9.67 Å². The fourth-order valence-corrected chi connectivity index (χ4v) is 7.15. The SMILES string of the molecule is CCOC(=O)C1CCN(C2CCc3ccc(Nc4nc(N)n(-c5cc6c(nn5)-c5ccccc5CCC6)n4)cc3CC2)CC1. The number of hydrogen-bond acceptors (Lipinski definition) is 9. The van der Waals surface area contributed by atoms with E-state index in [-0.39, 0.29) is 17.8 Å². The molecule has 0 amide bonds. The quantitative estimate of drug-likeness (QED) is 0.233. The zero-order valence-corrected chi connectivity index (χ0v) is 25.3. The maximum atomic E-state index is 12.2. The molecule has 44 heavy (non-hydrogen) atoms. The lowest BCUT2D eigenvalue weighted by Gasteiger charge is -2.36. The van der Waals surface area contributed by atoms with Crippen LogP contribution in [0.1, 0.15) is 61.3 Å². The number of ether oxygens (including phenoxy) is 1. The van der Waals surface area contributed by atoms with Crippen LogP contribution in [0.3, 0.4) is 0 Å². The number of piperidine rings is 1. The molecule has 1 saturated heterocycles. The molecule has 10 nitrogen and oxygen atoms in total. The van der Waals surface area contributed by atoms with Crippen LogP contribution in [0.25, 0.3) is 17.1 Å². The maximum absolute atomic E-state index is 12.2. The molecule has 1 unspecified atom stereocenters. The molecular weight excluding hydrogens is 552 g/mol. The number of rotatable bonds is 6. The maximum Gasteiger partial charge on any atom is 0.309 e. The van der Waals surface area contributed by atoms with E-state index in [4.69, 9.17) is 10.5 Å². The highest BCUT2D eigenvalue weighted by molar-refractivity contribution is 5.72. The Morgan fingerprint density at radius 3 is 2.57 bits per heavy atom. The van der Waals surface area contributed by atoms with Gasteiger partial charge in [0.1, 0.15) is 0 Å². The van der Waals surface area contributed by atoms with Gasteiger partial charge in [0, 0.05) is 17.3 Å². The van der Waals surface area contributed by atoms with E-state index < -0.39 is 0 Å². The highest BCUT2D eigenvalue weighted by Crippen LogP contribution is 2.32. The molecule has 3 N–H and O–H groups in total. The third kappa shape index (κ3) is 5.78. The van der Waals surface area contributed by atoms with Gasteiger partial charge in [-0.15, -0.1) is 15.3 Å². The van der Waals surface area contributed by atoms with Gasteiger partial charge in [-0.3, -0.25) is 4.79 Å². The molecule has 10 heteroatoms.